The molecule has 234 valence electrons. The summed E-state index contributed by atoms with van der Waals surface area (Å²) in [7, 11) is 0. The van der Waals surface area contributed by atoms with Crippen molar-refractivity contribution in [2.75, 3.05) is 13.1 Å². The number of rotatable bonds is 18. The van der Waals surface area contributed by atoms with Crippen LogP contribution in [0.2, 0.25) is 0 Å². The highest BCUT2D eigenvalue weighted by molar-refractivity contribution is 5.92. The first-order chi connectivity index (χ1) is 19.3. The molecule has 0 heterocycles. The maximum absolute atomic E-state index is 14.4. The van der Waals surface area contributed by atoms with E-state index in [9.17, 15) is 14.4 Å². The molecular formula is C34H59N3O4. The second-order valence-corrected chi connectivity index (χ2v) is 12.8. The van der Waals surface area contributed by atoms with Gasteiger partial charge in [-0.2, -0.15) is 0 Å². The summed E-state index contributed by atoms with van der Waals surface area (Å²) in [6, 6.07) is 4.39. The zero-order valence-electron chi connectivity index (χ0n) is 27.5. The van der Waals surface area contributed by atoms with E-state index in [1.54, 1.807) is 25.7 Å². The van der Waals surface area contributed by atoms with E-state index in [0.717, 1.165) is 55.2 Å². The topological polar surface area (TPSA) is 87.7 Å². The summed E-state index contributed by atoms with van der Waals surface area (Å²) in [4.78, 5) is 43.0. The number of unbranched alkanes of at least 4 members (excludes halogenated alkanes) is 7. The molecule has 0 saturated heterocycles. The van der Waals surface area contributed by atoms with Crippen molar-refractivity contribution >= 4 is 17.9 Å². The van der Waals surface area contributed by atoms with Crippen LogP contribution in [-0.4, -0.2) is 47.5 Å². The molecule has 0 saturated carbocycles. The quantitative estimate of drug-likeness (QED) is 0.176. The summed E-state index contributed by atoms with van der Waals surface area (Å²) >= 11 is 0. The van der Waals surface area contributed by atoms with Crippen molar-refractivity contribution in [1.29, 1.82) is 0 Å². The molecule has 0 aromatic heterocycles. The van der Waals surface area contributed by atoms with Crippen LogP contribution in [0.3, 0.4) is 0 Å². The molecule has 2 atom stereocenters. The van der Waals surface area contributed by atoms with E-state index in [4.69, 9.17) is 4.74 Å². The monoisotopic (exact) mass is 573 g/mol. The number of benzene rings is 1. The van der Waals surface area contributed by atoms with Crippen molar-refractivity contribution in [1.82, 2.24) is 15.5 Å². The van der Waals surface area contributed by atoms with Gasteiger partial charge in [-0.25, -0.2) is 4.79 Å². The third-order valence-electron chi connectivity index (χ3n) is 7.19. The van der Waals surface area contributed by atoms with Crippen molar-refractivity contribution < 1.29 is 19.1 Å². The number of nitrogens with zero attached hydrogens (tertiary/aromatic N) is 1. The number of hydrogen-bond donors (Lipinski definition) is 2. The summed E-state index contributed by atoms with van der Waals surface area (Å²) in [6.45, 7) is 18.8. The van der Waals surface area contributed by atoms with Gasteiger partial charge in [-0.1, -0.05) is 90.8 Å². The van der Waals surface area contributed by atoms with Crippen LogP contribution in [0.25, 0.3) is 0 Å². The normalized spacial score (nSPS) is 13.0. The first-order valence-electron chi connectivity index (χ1n) is 16.0. The third kappa shape index (κ3) is 13.8. The van der Waals surface area contributed by atoms with Crippen LogP contribution >= 0.6 is 0 Å². The smallest absolute Gasteiger partial charge is 0.408 e. The lowest BCUT2D eigenvalue weighted by molar-refractivity contribution is -0.143. The number of ether oxygens (including phenoxy) is 1. The minimum atomic E-state index is -0.801. The second kappa shape index (κ2) is 18.8. The first-order valence-corrected chi connectivity index (χ1v) is 16.0. The standard InChI is InChI=1S/C34H59N3O4/c1-10-12-14-15-16-18-23-37(32(39)28(24-25(3)4)36-33(40)41-34(7,8)9)30(31(38)35-22-17-13-11-2)29-26(5)20-19-21-27(29)6/h19-21,25,28,30H,10-18,22-24H2,1-9H3,(H,35,38)(H,36,40). The molecule has 0 aliphatic rings. The molecule has 2 unspecified atom stereocenters. The molecule has 41 heavy (non-hydrogen) atoms. The van der Waals surface area contributed by atoms with E-state index in [-0.39, 0.29) is 17.7 Å². The van der Waals surface area contributed by atoms with Gasteiger partial charge in [0.2, 0.25) is 11.8 Å². The van der Waals surface area contributed by atoms with Gasteiger partial charge in [-0.05, 0) is 76.5 Å². The van der Waals surface area contributed by atoms with Crippen LogP contribution in [0.5, 0.6) is 0 Å². The van der Waals surface area contributed by atoms with Crippen LogP contribution in [0.1, 0.15) is 135 Å². The SMILES string of the molecule is CCCCCCCCN(C(=O)C(CC(C)C)NC(=O)OC(C)(C)C)C(C(=O)NCCCCC)c1c(C)cccc1C. The number of carbonyl (C=O) groups excluding carboxylic acids is 3. The molecule has 0 aliphatic carbocycles. The van der Waals surface area contributed by atoms with Crippen molar-refractivity contribution in [3.63, 3.8) is 0 Å². The summed E-state index contributed by atoms with van der Waals surface area (Å²) < 4.78 is 5.52. The minimum absolute atomic E-state index is 0.149. The highest BCUT2D eigenvalue weighted by atomic mass is 16.6. The van der Waals surface area contributed by atoms with E-state index in [2.05, 4.69) is 24.5 Å². The summed E-state index contributed by atoms with van der Waals surface area (Å²) in [5.74, 6) is -0.260. The van der Waals surface area contributed by atoms with Gasteiger partial charge < -0.3 is 20.3 Å². The van der Waals surface area contributed by atoms with Crippen molar-refractivity contribution in [3.05, 3.63) is 34.9 Å². The summed E-state index contributed by atoms with van der Waals surface area (Å²) in [6.07, 6.45) is 9.22. The Bertz CT molecular complexity index is 918. The fourth-order valence-corrected chi connectivity index (χ4v) is 5.14. The van der Waals surface area contributed by atoms with Crippen molar-refractivity contribution in [2.45, 2.75) is 144 Å². The Morgan fingerprint density at radius 1 is 0.878 bits per heavy atom. The van der Waals surface area contributed by atoms with Crippen molar-refractivity contribution in [3.8, 4) is 0 Å². The molecule has 7 nitrogen and oxygen atoms in total. The Balaban J connectivity index is 3.50. The van der Waals surface area contributed by atoms with Gasteiger partial charge in [0.1, 0.15) is 17.7 Å². The fourth-order valence-electron chi connectivity index (χ4n) is 5.14. The van der Waals surface area contributed by atoms with E-state index >= 15 is 0 Å². The lowest BCUT2D eigenvalue weighted by Gasteiger charge is -2.36. The maximum Gasteiger partial charge on any atom is 0.408 e. The Labute approximate surface area is 250 Å². The Morgan fingerprint density at radius 2 is 1.44 bits per heavy atom. The van der Waals surface area contributed by atoms with E-state index in [1.165, 1.54) is 19.3 Å². The zero-order chi connectivity index (χ0) is 31.0. The summed E-state index contributed by atoms with van der Waals surface area (Å²) in [5.41, 5.74) is 2.12. The van der Waals surface area contributed by atoms with Crippen LogP contribution in [0.4, 0.5) is 4.79 Å². The van der Waals surface area contributed by atoms with E-state index in [1.807, 2.05) is 45.9 Å². The second-order valence-electron chi connectivity index (χ2n) is 12.8. The third-order valence-corrected chi connectivity index (χ3v) is 7.19. The van der Waals surface area contributed by atoms with Crippen LogP contribution in [-0.2, 0) is 14.3 Å². The first kappa shape index (κ1) is 36.5. The Hall–Kier alpha value is -2.57. The number of carbonyl (C=O) groups is 3. The maximum atomic E-state index is 14.4. The molecular weight excluding hydrogens is 514 g/mol. The molecule has 0 aliphatic heterocycles. The molecule has 1 rings (SSSR count). The number of hydrogen-bond acceptors (Lipinski definition) is 4. The predicted octanol–water partition coefficient (Wildman–Crippen LogP) is 7.78. The molecule has 7 heteroatoms. The lowest BCUT2D eigenvalue weighted by atomic mass is 9.92. The van der Waals surface area contributed by atoms with E-state index < -0.39 is 23.8 Å². The highest BCUT2D eigenvalue weighted by Crippen LogP contribution is 2.30. The van der Waals surface area contributed by atoms with Gasteiger partial charge in [0.05, 0.1) is 0 Å². The fraction of sp³-hybridized carbons (Fsp3) is 0.735. The molecule has 0 bridgehead atoms. The molecule has 0 radical (unpaired) electrons. The largest absolute Gasteiger partial charge is 0.444 e. The predicted molar refractivity (Wildman–Crippen MR) is 169 cm³/mol. The molecule has 0 spiro atoms. The average molecular weight is 574 g/mol. The van der Waals surface area contributed by atoms with Crippen molar-refractivity contribution in [2.24, 2.45) is 5.92 Å². The minimum Gasteiger partial charge on any atom is -0.444 e. The van der Waals surface area contributed by atoms with Crippen LogP contribution in [0.15, 0.2) is 18.2 Å². The highest BCUT2D eigenvalue weighted by Gasteiger charge is 2.37. The molecule has 3 amide bonds. The van der Waals surface area contributed by atoms with Crippen LogP contribution < -0.4 is 10.6 Å². The zero-order valence-corrected chi connectivity index (χ0v) is 27.5. The number of alkyl carbamates (subject to hydrolysis) is 1. The van der Waals surface area contributed by atoms with Gasteiger partial charge in [0.15, 0.2) is 0 Å². The van der Waals surface area contributed by atoms with Gasteiger partial charge in [0, 0.05) is 13.1 Å². The lowest BCUT2D eigenvalue weighted by Crippen LogP contribution is -2.54. The summed E-state index contributed by atoms with van der Waals surface area (Å²) in [5, 5.41) is 5.98. The van der Waals surface area contributed by atoms with Gasteiger partial charge in [-0.3, -0.25) is 9.59 Å². The van der Waals surface area contributed by atoms with E-state index in [0.29, 0.717) is 19.5 Å². The Morgan fingerprint density at radius 3 is 2.00 bits per heavy atom. The Kier molecular flexibility index (Phi) is 16.7. The average Bonchev–Trinajstić information content (AvgIpc) is 2.87. The molecule has 0 fully saturated rings. The molecule has 2 N–H and O–H groups in total. The number of nitrogens with one attached hydrogen (secondary N) is 2. The number of aryl methyl sites for hydroxylation is 2. The van der Waals surface area contributed by atoms with Crippen LogP contribution in [0, 0.1) is 19.8 Å². The molecule has 1 aromatic rings. The molecule has 1 aromatic carbocycles. The van der Waals surface area contributed by atoms with Gasteiger partial charge in [0.25, 0.3) is 0 Å². The van der Waals surface area contributed by atoms with Gasteiger partial charge >= 0.3 is 6.09 Å². The van der Waals surface area contributed by atoms with Gasteiger partial charge in [-0.15, -0.1) is 0 Å². The number of amides is 3.